The summed E-state index contributed by atoms with van der Waals surface area (Å²) in [5.41, 5.74) is 8.56. The predicted octanol–water partition coefficient (Wildman–Crippen LogP) is 2.34. The Hall–Kier alpha value is -1.13. The van der Waals surface area contributed by atoms with Gasteiger partial charge in [-0.15, -0.1) is 11.3 Å². The van der Waals surface area contributed by atoms with Gasteiger partial charge in [-0.1, -0.05) is 0 Å². The van der Waals surface area contributed by atoms with Gasteiger partial charge in [0.25, 0.3) is 0 Å². The van der Waals surface area contributed by atoms with Crippen molar-refractivity contribution in [1.82, 2.24) is 9.78 Å². The van der Waals surface area contributed by atoms with Crippen LogP contribution in [0.5, 0.6) is 0 Å². The van der Waals surface area contributed by atoms with Gasteiger partial charge in [0.15, 0.2) is 0 Å². The smallest absolute Gasteiger partial charge is 0.0643 e. The monoisotopic (exact) mass is 235 g/mol. The van der Waals surface area contributed by atoms with Crippen molar-refractivity contribution in [3.05, 3.63) is 39.3 Å². The van der Waals surface area contributed by atoms with Crippen molar-refractivity contribution in [1.29, 1.82) is 0 Å². The number of rotatable bonds is 3. The molecule has 86 valence electrons. The molecule has 3 nitrogen and oxygen atoms in total. The summed E-state index contributed by atoms with van der Waals surface area (Å²) in [6, 6.07) is 4.27. The van der Waals surface area contributed by atoms with Gasteiger partial charge in [-0.05, 0) is 31.5 Å². The number of thiophene rings is 1. The Labute approximate surface area is 99.9 Å². The van der Waals surface area contributed by atoms with Gasteiger partial charge in [0.05, 0.1) is 5.69 Å². The van der Waals surface area contributed by atoms with Crippen molar-refractivity contribution in [2.45, 2.75) is 26.3 Å². The molecule has 2 heterocycles. The Balaban J connectivity index is 2.11. The van der Waals surface area contributed by atoms with Crippen LogP contribution in [-0.2, 0) is 13.5 Å². The fourth-order valence-corrected chi connectivity index (χ4v) is 2.73. The van der Waals surface area contributed by atoms with Crippen LogP contribution in [-0.4, -0.2) is 9.78 Å². The number of nitrogens with two attached hydrogens (primary N) is 1. The summed E-state index contributed by atoms with van der Waals surface area (Å²) in [5.74, 6) is 0. The Bertz CT molecular complexity index is 465. The van der Waals surface area contributed by atoms with Crippen molar-refractivity contribution in [2.24, 2.45) is 12.8 Å². The molecule has 1 atom stereocenters. The summed E-state index contributed by atoms with van der Waals surface area (Å²) in [4.78, 5) is 2.60. The van der Waals surface area contributed by atoms with Gasteiger partial charge in [-0.2, -0.15) is 5.10 Å². The van der Waals surface area contributed by atoms with Gasteiger partial charge >= 0.3 is 0 Å². The van der Waals surface area contributed by atoms with Crippen molar-refractivity contribution < 1.29 is 0 Å². The quantitative estimate of drug-likeness (QED) is 0.887. The lowest BCUT2D eigenvalue weighted by atomic mass is 10.1. The minimum atomic E-state index is 0.0623. The summed E-state index contributed by atoms with van der Waals surface area (Å²) in [6.07, 6.45) is 2.76. The fourth-order valence-electron chi connectivity index (χ4n) is 1.68. The molecule has 2 N–H and O–H groups in total. The lowest BCUT2D eigenvalue weighted by Gasteiger charge is -2.06. The van der Waals surface area contributed by atoms with E-state index < -0.39 is 0 Å². The zero-order chi connectivity index (χ0) is 11.7. The van der Waals surface area contributed by atoms with E-state index in [4.69, 9.17) is 5.73 Å². The highest BCUT2D eigenvalue weighted by Gasteiger charge is 2.12. The molecule has 4 heteroatoms. The Morgan fingerprint density at radius 1 is 1.50 bits per heavy atom. The molecule has 0 spiro atoms. The van der Waals surface area contributed by atoms with Crippen LogP contribution in [0.15, 0.2) is 18.3 Å². The van der Waals surface area contributed by atoms with Gasteiger partial charge in [0.1, 0.15) is 0 Å². The molecule has 0 amide bonds. The zero-order valence-electron chi connectivity index (χ0n) is 9.90. The second-order valence-electron chi connectivity index (χ2n) is 4.18. The average molecular weight is 235 g/mol. The first-order valence-electron chi connectivity index (χ1n) is 5.37. The Kier molecular flexibility index (Phi) is 3.12. The normalized spacial score (nSPS) is 13.0. The molecular weight excluding hydrogens is 218 g/mol. The molecule has 16 heavy (non-hydrogen) atoms. The first-order valence-corrected chi connectivity index (χ1v) is 6.19. The molecule has 0 aliphatic rings. The van der Waals surface area contributed by atoms with Gasteiger partial charge in [0.2, 0.25) is 0 Å². The van der Waals surface area contributed by atoms with Crippen LogP contribution in [0.4, 0.5) is 0 Å². The highest BCUT2D eigenvalue weighted by atomic mass is 32.1. The number of hydrogen-bond donors (Lipinski definition) is 1. The summed E-state index contributed by atoms with van der Waals surface area (Å²) in [7, 11) is 1.93. The third-order valence-corrected chi connectivity index (χ3v) is 4.03. The van der Waals surface area contributed by atoms with E-state index in [0.717, 1.165) is 12.1 Å². The van der Waals surface area contributed by atoms with Crippen molar-refractivity contribution in [2.75, 3.05) is 0 Å². The predicted molar refractivity (Wildman–Crippen MR) is 67.6 cm³/mol. The molecule has 2 rings (SSSR count). The fraction of sp³-hybridized carbons (Fsp3) is 0.417. The SMILES string of the molecule is Cc1cc(C(N)Cc2ccn(C)n2)sc1C. The minimum absolute atomic E-state index is 0.0623. The van der Waals surface area contributed by atoms with Crippen molar-refractivity contribution >= 4 is 11.3 Å². The number of aryl methyl sites for hydroxylation is 3. The Morgan fingerprint density at radius 2 is 2.25 bits per heavy atom. The molecule has 2 aromatic rings. The first kappa shape index (κ1) is 11.4. The molecule has 0 aromatic carbocycles. The number of aromatic nitrogens is 2. The van der Waals surface area contributed by atoms with Crippen LogP contribution in [0.25, 0.3) is 0 Å². The second-order valence-corrected chi connectivity index (χ2v) is 5.47. The maximum atomic E-state index is 6.18. The average Bonchev–Trinajstić information content (AvgIpc) is 2.75. The Morgan fingerprint density at radius 3 is 2.75 bits per heavy atom. The largest absolute Gasteiger partial charge is 0.323 e. The molecule has 0 bridgehead atoms. The third-order valence-electron chi connectivity index (χ3n) is 2.75. The van der Waals surface area contributed by atoms with Crippen LogP contribution in [0.1, 0.15) is 27.1 Å². The standard InChI is InChI=1S/C12H17N3S/c1-8-6-12(16-9(8)2)11(13)7-10-4-5-15(3)14-10/h4-6,11H,7,13H2,1-3H3. The maximum Gasteiger partial charge on any atom is 0.0643 e. The van der Waals surface area contributed by atoms with Crippen LogP contribution in [0, 0.1) is 13.8 Å². The maximum absolute atomic E-state index is 6.18. The highest BCUT2D eigenvalue weighted by Crippen LogP contribution is 2.26. The molecule has 0 saturated heterocycles. The highest BCUT2D eigenvalue weighted by molar-refractivity contribution is 7.12. The molecule has 0 radical (unpaired) electrons. The summed E-state index contributed by atoms with van der Waals surface area (Å²) in [5, 5.41) is 4.35. The van der Waals surface area contributed by atoms with E-state index in [2.05, 4.69) is 25.0 Å². The molecular formula is C12H17N3S. The van der Waals surface area contributed by atoms with Crippen LogP contribution in [0.3, 0.4) is 0 Å². The minimum Gasteiger partial charge on any atom is -0.323 e. The van der Waals surface area contributed by atoms with Crippen LogP contribution < -0.4 is 5.73 Å². The summed E-state index contributed by atoms with van der Waals surface area (Å²) >= 11 is 1.79. The van der Waals surface area contributed by atoms with Gasteiger partial charge in [-0.3, -0.25) is 4.68 Å². The van der Waals surface area contributed by atoms with Crippen molar-refractivity contribution in [3.8, 4) is 0 Å². The van der Waals surface area contributed by atoms with Crippen molar-refractivity contribution in [3.63, 3.8) is 0 Å². The van der Waals surface area contributed by atoms with Crippen LogP contribution >= 0.6 is 11.3 Å². The molecule has 0 aliphatic heterocycles. The van der Waals surface area contributed by atoms with E-state index in [9.17, 15) is 0 Å². The van der Waals surface area contributed by atoms with E-state index in [0.29, 0.717) is 0 Å². The number of nitrogens with zero attached hydrogens (tertiary/aromatic N) is 2. The lowest BCUT2D eigenvalue weighted by molar-refractivity contribution is 0.683. The second kappa shape index (κ2) is 4.39. The van der Waals surface area contributed by atoms with Gasteiger partial charge in [-0.25, -0.2) is 0 Å². The van der Waals surface area contributed by atoms with E-state index >= 15 is 0 Å². The number of hydrogen-bond acceptors (Lipinski definition) is 3. The molecule has 0 aliphatic carbocycles. The van der Waals surface area contributed by atoms with Gasteiger partial charge < -0.3 is 5.73 Å². The molecule has 1 unspecified atom stereocenters. The van der Waals surface area contributed by atoms with E-state index in [1.165, 1.54) is 15.3 Å². The summed E-state index contributed by atoms with van der Waals surface area (Å²) in [6.45, 7) is 4.26. The van der Waals surface area contributed by atoms with Gasteiger partial charge in [0, 0.05) is 35.5 Å². The van der Waals surface area contributed by atoms with E-state index in [-0.39, 0.29) is 6.04 Å². The molecule has 0 fully saturated rings. The molecule has 0 saturated carbocycles. The molecule has 2 aromatic heterocycles. The topological polar surface area (TPSA) is 43.8 Å². The third kappa shape index (κ3) is 2.33. The summed E-state index contributed by atoms with van der Waals surface area (Å²) < 4.78 is 1.81. The first-order chi connectivity index (χ1) is 7.56. The van der Waals surface area contributed by atoms with Crippen LogP contribution in [0.2, 0.25) is 0 Å². The van der Waals surface area contributed by atoms with E-state index in [1.54, 1.807) is 11.3 Å². The zero-order valence-corrected chi connectivity index (χ0v) is 10.7. The lowest BCUT2D eigenvalue weighted by Crippen LogP contribution is -2.12. The van der Waals surface area contributed by atoms with E-state index in [1.807, 2.05) is 24.0 Å².